The van der Waals surface area contributed by atoms with E-state index < -0.39 is 10.0 Å². The van der Waals surface area contributed by atoms with Crippen molar-refractivity contribution in [3.05, 3.63) is 22.2 Å². The van der Waals surface area contributed by atoms with Gasteiger partial charge in [-0.1, -0.05) is 0 Å². The Hall–Kier alpha value is -0.590. The van der Waals surface area contributed by atoms with Crippen molar-refractivity contribution in [1.29, 1.82) is 0 Å². The summed E-state index contributed by atoms with van der Waals surface area (Å²) in [6, 6.07) is 2.96. The monoisotopic (exact) mass is 264 g/mol. The number of rotatable bonds is 1. The summed E-state index contributed by atoms with van der Waals surface area (Å²) in [4.78, 5) is 0.0631. The van der Waals surface area contributed by atoms with E-state index in [0.29, 0.717) is 15.7 Å². The van der Waals surface area contributed by atoms with Crippen molar-refractivity contribution in [3.8, 4) is 0 Å². The highest BCUT2D eigenvalue weighted by Gasteiger charge is 2.12. The Morgan fingerprint density at radius 3 is 2.38 bits per heavy atom. The Labute approximate surface area is 85.1 Å². The molecule has 0 aromatic heterocycles. The number of sulfonamides is 1. The summed E-state index contributed by atoms with van der Waals surface area (Å²) in [5, 5.41) is 4.98. The van der Waals surface area contributed by atoms with Gasteiger partial charge in [0.25, 0.3) is 0 Å². The molecule has 1 aromatic rings. The molecule has 4 N–H and O–H groups in total. The van der Waals surface area contributed by atoms with Crippen LogP contribution in [0, 0.1) is 6.92 Å². The first-order valence-corrected chi connectivity index (χ1v) is 5.74. The van der Waals surface area contributed by atoms with Crippen LogP contribution in [0.2, 0.25) is 0 Å². The quantitative estimate of drug-likeness (QED) is 0.742. The SMILES string of the molecule is Cc1cc(Br)c(N)cc1S(N)(=O)=O. The van der Waals surface area contributed by atoms with Crippen molar-refractivity contribution in [3.63, 3.8) is 0 Å². The second-order valence-electron chi connectivity index (χ2n) is 2.68. The van der Waals surface area contributed by atoms with Crippen LogP contribution in [0.1, 0.15) is 5.56 Å². The van der Waals surface area contributed by atoms with Crippen molar-refractivity contribution in [2.45, 2.75) is 11.8 Å². The van der Waals surface area contributed by atoms with Crippen LogP contribution in [0.15, 0.2) is 21.5 Å². The zero-order valence-electron chi connectivity index (χ0n) is 6.91. The second kappa shape index (κ2) is 3.28. The molecule has 0 fully saturated rings. The van der Waals surface area contributed by atoms with E-state index in [1.54, 1.807) is 13.0 Å². The molecule has 0 spiro atoms. The van der Waals surface area contributed by atoms with Crippen LogP contribution in [0.4, 0.5) is 5.69 Å². The molecule has 0 aliphatic rings. The summed E-state index contributed by atoms with van der Waals surface area (Å²) >= 11 is 3.19. The van der Waals surface area contributed by atoms with E-state index in [-0.39, 0.29) is 4.90 Å². The standard InChI is InChI=1S/C7H9BrN2O2S/c1-4-2-5(8)6(9)3-7(4)13(10,11)12/h2-3H,9H2,1H3,(H2,10,11,12). The zero-order valence-corrected chi connectivity index (χ0v) is 9.31. The smallest absolute Gasteiger partial charge is 0.238 e. The van der Waals surface area contributed by atoms with E-state index in [9.17, 15) is 8.42 Å². The van der Waals surface area contributed by atoms with Crippen molar-refractivity contribution in [1.82, 2.24) is 0 Å². The lowest BCUT2D eigenvalue weighted by Gasteiger charge is -2.05. The fraction of sp³-hybridized carbons (Fsp3) is 0.143. The highest BCUT2D eigenvalue weighted by atomic mass is 79.9. The summed E-state index contributed by atoms with van der Waals surface area (Å²) in [7, 11) is -3.67. The van der Waals surface area contributed by atoms with Crippen LogP contribution in [0.5, 0.6) is 0 Å². The highest BCUT2D eigenvalue weighted by Crippen LogP contribution is 2.25. The number of halogens is 1. The molecule has 1 aromatic carbocycles. The number of nitrogen functional groups attached to an aromatic ring is 1. The maximum Gasteiger partial charge on any atom is 0.238 e. The molecule has 4 nitrogen and oxygen atoms in total. The van der Waals surface area contributed by atoms with Gasteiger partial charge < -0.3 is 5.73 Å². The molecule has 0 saturated heterocycles. The van der Waals surface area contributed by atoms with Crippen LogP contribution in [-0.4, -0.2) is 8.42 Å². The van der Waals surface area contributed by atoms with Crippen molar-refractivity contribution < 1.29 is 8.42 Å². The Morgan fingerprint density at radius 1 is 1.38 bits per heavy atom. The first-order valence-electron chi connectivity index (χ1n) is 3.41. The van der Waals surface area contributed by atoms with Gasteiger partial charge in [-0.15, -0.1) is 0 Å². The fourth-order valence-corrected chi connectivity index (χ4v) is 2.23. The molecule has 1 rings (SSSR count). The predicted molar refractivity (Wildman–Crippen MR) is 54.7 cm³/mol. The molecule has 0 unspecified atom stereocenters. The van der Waals surface area contributed by atoms with Crippen molar-refractivity contribution in [2.75, 3.05) is 5.73 Å². The third kappa shape index (κ3) is 2.20. The van der Waals surface area contributed by atoms with Crippen molar-refractivity contribution in [2.24, 2.45) is 5.14 Å². The summed E-state index contributed by atoms with van der Waals surface area (Å²) < 4.78 is 22.7. The van der Waals surface area contributed by atoms with Crippen molar-refractivity contribution >= 4 is 31.6 Å². The minimum Gasteiger partial charge on any atom is -0.398 e. The van der Waals surface area contributed by atoms with Crippen LogP contribution in [0.3, 0.4) is 0 Å². The maximum absolute atomic E-state index is 11.0. The summed E-state index contributed by atoms with van der Waals surface area (Å²) in [5.74, 6) is 0. The van der Waals surface area contributed by atoms with Gasteiger partial charge in [0.15, 0.2) is 0 Å². The van der Waals surface area contributed by atoms with Gasteiger partial charge in [0.2, 0.25) is 10.0 Å². The van der Waals surface area contributed by atoms with Crippen LogP contribution in [0.25, 0.3) is 0 Å². The normalized spacial score (nSPS) is 11.6. The van der Waals surface area contributed by atoms with Gasteiger partial charge in [-0.3, -0.25) is 0 Å². The molecule has 0 radical (unpaired) electrons. The summed E-state index contributed by atoms with van der Waals surface area (Å²) in [6.07, 6.45) is 0. The highest BCUT2D eigenvalue weighted by molar-refractivity contribution is 9.10. The average molecular weight is 265 g/mol. The van der Waals surface area contributed by atoms with Gasteiger partial charge >= 0.3 is 0 Å². The number of hydrogen-bond donors (Lipinski definition) is 2. The van der Waals surface area contributed by atoms with Gasteiger partial charge in [0, 0.05) is 10.2 Å². The topological polar surface area (TPSA) is 86.2 Å². The third-order valence-corrected chi connectivity index (χ3v) is 3.34. The molecule has 0 amide bonds. The third-order valence-electron chi connectivity index (χ3n) is 1.60. The minimum atomic E-state index is -3.67. The van der Waals surface area contributed by atoms with E-state index in [1.807, 2.05) is 0 Å². The lowest BCUT2D eigenvalue weighted by Crippen LogP contribution is -2.14. The predicted octanol–water partition coefficient (Wildman–Crippen LogP) is 0.987. The molecular weight excluding hydrogens is 256 g/mol. The molecular formula is C7H9BrN2O2S. The van der Waals surface area contributed by atoms with Gasteiger partial charge in [-0.25, -0.2) is 13.6 Å². The van der Waals surface area contributed by atoms with Gasteiger partial charge in [-0.05, 0) is 40.5 Å². The maximum atomic E-state index is 11.0. The number of anilines is 1. The number of hydrogen-bond acceptors (Lipinski definition) is 3. The number of aryl methyl sites for hydroxylation is 1. The van der Waals surface area contributed by atoms with E-state index in [4.69, 9.17) is 10.9 Å². The molecule has 0 heterocycles. The van der Waals surface area contributed by atoms with Crippen LogP contribution < -0.4 is 10.9 Å². The Balaban J connectivity index is 3.50. The van der Waals surface area contributed by atoms with Gasteiger partial charge in [0.05, 0.1) is 4.90 Å². The van der Waals surface area contributed by atoms with E-state index >= 15 is 0 Å². The van der Waals surface area contributed by atoms with Gasteiger partial charge in [-0.2, -0.15) is 0 Å². The second-order valence-corrected chi connectivity index (χ2v) is 5.07. The van der Waals surface area contributed by atoms with Gasteiger partial charge in [0.1, 0.15) is 0 Å². The van der Waals surface area contributed by atoms with E-state index in [2.05, 4.69) is 15.9 Å². The molecule has 0 bridgehead atoms. The fourth-order valence-electron chi connectivity index (χ4n) is 0.975. The first-order chi connectivity index (χ1) is 5.82. The van der Waals surface area contributed by atoms with E-state index in [0.717, 1.165) is 0 Å². The largest absolute Gasteiger partial charge is 0.398 e. The summed E-state index contributed by atoms with van der Waals surface area (Å²) in [6.45, 7) is 1.66. The number of nitrogens with two attached hydrogens (primary N) is 2. The first kappa shape index (κ1) is 10.5. The molecule has 72 valence electrons. The Bertz CT molecular complexity index is 442. The molecule has 13 heavy (non-hydrogen) atoms. The Kier molecular flexibility index (Phi) is 2.65. The molecule has 0 aliphatic heterocycles. The Morgan fingerprint density at radius 2 is 1.92 bits per heavy atom. The zero-order chi connectivity index (χ0) is 10.2. The molecule has 0 saturated carbocycles. The molecule has 0 atom stereocenters. The van der Waals surface area contributed by atoms with E-state index in [1.165, 1.54) is 6.07 Å². The molecule has 0 aliphatic carbocycles. The van der Waals surface area contributed by atoms with Crippen LogP contribution in [-0.2, 0) is 10.0 Å². The minimum absolute atomic E-state index is 0.0631. The molecule has 6 heteroatoms. The lowest BCUT2D eigenvalue weighted by atomic mass is 10.2. The average Bonchev–Trinajstić information content (AvgIpc) is 1.94. The number of benzene rings is 1. The number of primary sulfonamides is 1. The summed E-state index contributed by atoms with van der Waals surface area (Å²) in [5.41, 5.74) is 6.45. The van der Waals surface area contributed by atoms with Crippen LogP contribution >= 0.6 is 15.9 Å². The lowest BCUT2D eigenvalue weighted by molar-refractivity contribution is 0.597.